The number of hydrogen-bond donors (Lipinski definition) is 1. The standard InChI is InChI=1S/C18H19N3O6S2/c1-2-21(17(23)14-7-10-28-12-14)18(24)27-19-16(22)13-5-3-6-15(11-13)29(25,26)20-8-4-9-20/h3,5-7,10-12H,2,4,8-9H2,1H3,(H,19,22). The van der Waals surface area contributed by atoms with E-state index in [9.17, 15) is 22.8 Å². The maximum Gasteiger partial charge on any atom is 0.441 e. The average Bonchev–Trinajstić information content (AvgIpc) is 3.19. The number of rotatable bonds is 5. The number of amides is 3. The molecule has 3 rings (SSSR count). The van der Waals surface area contributed by atoms with Crippen LogP contribution < -0.4 is 5.48 Å². The summed E-state index contributed by atoms with van der Waals surface area (Å²) in [4.78, 5) is 42.3. The van der Waals surface area contributed by atoms with Gasteiger partial charge in [0.1, 0.15) is 0 Å². The van der Waals surface area contributed by atoms with E-state index in [2.05, 4.69) is 0 Å². The summed E-state index contributed by atoms with van der Waals surface area (Å²) in [5, 5.41) is 3.30. The van der Waals surface area contributed by atoms with Gasteiger partial charge in [0.05, 0.1) is 10.5 Å². The Morgan fingerprint density at radius 2 is 1.97 bits per heavy atom. The molecule has 154 valence electrons. The summed E-state index contributed by atoms with van der Waals surface area (Å²) < 4.78 is 26.2. The van der Waals surface area contributed by atoms with Crippen molar-refractivity contribution >= 4 is 39.3 Å². The Morgan fingerprint density at radius 1 is 1.21 bits per heavy atom. The number of benzene rings is 1. The van der Waals surface area contributed by atoms with Gasteiger partial charge < -0.3 is 4.84 Å². The quantitative estimate of drug-likeness (QED) is 0.717. The van der Waals surface area contributed by atoms with Crippen LogP contribution in [0.5, 0.6) is 0 Å². The van der Waals surface area contributed by atoms with Crippen LogP contribution in [0, 0.1) is 0 Å². The molecule has 9 nitrogen and oxygen atoms in total. The molecule has 1 aliphatic heterocycles. The molecule has 1 fully saturated rings. The molecule has 29 heavy (non-hydrogen) atoms. The highest BCUT2D eigenvalue weighted by Gasteiger charge is 2.30. The summed E-state index contributed by atoms with van der Waals surface area (Å²) >= 11 is 1.31. The molecule has 0 aliphatic carbocycles. The van der Waals surface area contributed by atoms with E-state index in [0.29, 0.717) is 18.7 Å². The number of thiophene rings is 1. The van der Waals surface area contributed by atoms with Crippen molar-refractivity contribution in [2.45, 2.75) is 18.2 Å². The first kappa shape index (κ1) is 21.0. The highest BCUT2D eigenvalue weighted by atomic mass is 32.2. The van der Waals surface area contributed by atoms with E-state index in [0.717, 1.165) is 11.3 Å². The topological polar surface area (TPSA) is 113 Å². The van der Waals surface area contributed by atoms with Gasteiger partial charge in [0, 0.05) is 30.6 Å². The Labute approximate surface area is 171 Å². The molecule has 2 heterocycles. The fraction of sp³-hybridized carbons (Fsp3) is 0.278. The van der Waals surface area contributed by atoms with Crippen LogP contribution in [0.2, 0.25) is 0 Å². The predicted molar refractivity (Wildman–Crippen MR) is 105 cm³/mol. The number of sulfonamides is 1. The van der Waals surface area contributed by atoms with Crippen molar-refractivity contribution in [1.82, 2.24) is 14.7 Å². The van der Waals surface area contributed by atoms with E-state index >= 15 is 0 Å². The molecule has 1 N–H and O–H groups in total. The number of imide groups is 1. The third-order valence-corrected chi connectivity index (χ3v) is 6.91. The first-order valence-electron chi connectivity index (χ1n) is 8.80. The van der Waals surface area contributed by atoms with E-state index in [4.69, 9.17) is 4.84 Å². The molecule has 1 aromatic heterocycles. The third kappa shape index (κ3) is 4.47. The fourth-order valence-electron chi connectivity index (χ4n) is 2.58. The van der Waals surface area contributed by atoms with Crippen molar-refractivity contribution in [2.75, 3.05) is 19.6 Å². The van der Waals surface area contributed by atoms with E-state index in [1.807, 2.05) is 5.48 Å². The number of carbonyl (C=O) groups is 3. The van der Waals surface area contributed by atoms with Crippen molar-refractivity contribution in [3.05, 3.63) is 52.2 Å². The highest BCUT2D eigenvalue weighted by Crippen LogP contribution is 2.21. The van der Waals surface area contributed by atoms with E-state index in [-0.39, 0.29) is 17.0 Å². The van der Waals surface area contributed by atoms with Gasteiger partial charge >= 0.3 is 6.09 Å². The van der Waals surface area contributed by atoms with Gasteiger partial charge in [0.15, 0.2) is 0 Å². The lowest BCUT2D eigenvalue weighted by Gasteiger charge is -2.29. The average molecular weight is 437 g/mol. The monoisotopic (exact) mass is 437 g/mol. The van der Waals surface area contributed by atoms with Crippen molar-refractivity contribution < 1.29 is 27.6 Å². The molecule has 0 radical (unpaired) electrons. The zero-order valence-electron chi connectivity index (χ0n) is 15.5. The fourth-order valence-corrected chi connectivity index (χ4v) is 4.77. The Hall–Kier alpha value is -2.76. The molecule has 3 amide bonds. The van der Waals surface area contributed by atoms with Crippen LogP contribution in [0.25, 0.3) is 0 Å². The summed E-state index contributed by atoms with van der Waals surface area (Å²) in [6.07, 6.45) is -0.241. The smallest absolute Gasteiger partial charge is 0.321 e. The summed E-state index contributed by atoms with van der Waals surface area (Å²) in [5.74, 6) is -1.35. The summed E-state index contributed by atoms with van der Waals surface area (Å²) in [6, 6.07) is 7.01. The van der Waals surface area contributed by atoms with Gasteiger partial charge in [-0.3, -0.25) is 9.59 Å². The second-order valence-corrected chi connectivity index (χ2v) is 8.86. The first-order valence-corrected chi connectivity index (χ1v) is 11.2. The zero-order valence-corrected chi connectivity index (χ0v) is 17.2. The van der Waals surface area contributed by atoms with Crippen molar-refractivity contribution in [3.8, 4) is 0 Å². The van der Waals surface area contributed by atoms with E-state index in [1.165, 1.54) is 39.9 Å². The van der Waals surface area contributed by atoms with Gasteiger partial charge in [-0.05, 0) is 43.0 Å². The Bertz CT molecular complexity index is 1020. The summed E-state index contributed by atoms with van der Waals surface area (Å²) in [5.41, 5.74) is 2.30. The van der Waals surface area contributed by atoms with Crippen molar-refractivity contribution in [1.29, 1.82) is 0 Å². The van der Waals surface area contributed by atoms with Crippen LogP contribution in [-0.4, -0.2) is 55.2 Å². The number of carbonyl (C=O) groups excluding carboxylic acids is 3. The minimum absolute atomic E-state index is 0.00612. The largest absolute Gasteiger partial charge is 0.441 e. The van der Waals surface area contributed by atoms with Crippen LogP contribution in [-0.2, 0) is 14.9 Å². The minimum atomic E-state index is -3.65. The molecular formula is C18H19N3O6S2. The van der Waals surface area contributed by atoms with E-state index in [1.54, 1.807) is 23.8 Å². The van der Waals surface area contributed by atoms with Crippen LogP contribution in [0.1, 0.15) is 34.1 Å². The van der Waals surface area contributed by atoms with Crippen LogP contribution >= 0.6 is 11.3 Å². The van der Waals surface area contributed by atoms with Crippen molar-refractivity contribution in [3.63, 3.8) is 0 Å². The normalized spacial score (nSPS) is 14.0. The molecule has 1 aliphatic rings. The molecule has 2 aromatic rings. The number of nitrogens with zero attached hydrogens (tertiary/aromatic N) is 2. The lowest BCUT2D eigenvalue weighted by Crippen LogP contribution is -2.42. The van der Waals surface area contributed by atoms with Gasteiger partial charge in [-0.25, -0.2) is 18.1 Å². The maximum absolute atomic E-state index is 12.4. The van der Waals surface area contributed by atoms with Gasteiger partial charge in [-0.15, -0.1) is 0 Å². The van der Waals surface area contributed by atoms with Gasteiger partial charge in [0.25, 0.3) is 11.8 Å². The lowest BCUT2D eigenvalue weighted by atomic mass is 10.2. The molecule has 0 spiro atoms. The molecule has 1 saturated heterocycles. The molecule has 0 saturated carbocycles. The van der Waals surface area contributed by atoms with Crippen molar-refractivity contribution in [2.24, 2.45) is 0 Å². The molecule has 11 heteroatoms. The van der Waals surface area contributed by atoms with Gasteiger partial charge in [0.2, 0.25) is 10.0 Å². The third-order valence-electron chi connectivity index (χ3n) is 4.33. The first-order chi connectivity index (χ1) is 13.8. The molecule has 0 unspecified atom stereocenters. The highest BCUT2D eigenvalue weighted by molar-refractivity contribution is 7.89. The maximum atomic E-state index is 12.4. The Kier molecular flexibility index (Phi) is 6.30. The molecule has 0 bridgehead atoms. The predicted octanol–water partition coefficient (Wildman–Crippen LogP) is 2.09. The summed E-state index contributed by atoms with van der Waals surface area (Å²) in [6.45, 7) is 2.53. The van der Waals surface area contributed by atoms with E-state index < -0.39 is 27.9 Å². The number of hydrogen-bond acceptors (Lipinski definition) is 7. The Balaban J connectivity index is 1.65. The number of hydroxylamine groups is 1. The molecular weight excluding hydrogens is 418 g/mol. The van der Waals surface area contributed by atoms with Crippen LogP contribution in [0.3, 0.4) is 0 Å². The zero-order chi connectivity index (χ0) is 21.0. The van der Waals surface area contributed by atoms with Gasteiger partial charge in [-0.1, -0.05) is 6.07 Å². The van der Waals surface area contributed by atoms with Crippen LogP contribution in [0.15, 0.2) is 46.0 Å². The second kappa shape index (κ2) is 8.72. The molecule has 0 atom stereocenters. The number of nitrogens with one attached hydrogen (secondary N) is 1. The second-order valence-electron chi connectivity index (χ2n) is 6.15. The minimum Gasteiger partial charge on any atom is -0.321 e. The van der Waals surface area contributed by atoms with Crippen LogP contribution in [0.4, 0.5) is 4.79 Å². The SMILES string of the molecule is CCN(C(=O)ONC(=O)c1cccc(S(=O)(=O)N2CCC2)c1)C(=O)c1ccsc1. The summed E-state index contributed by atoms with van der Waals surface area (Å²) in [7, 11) is -3.65. The molecule has 1 aromatic carbocycles. The Morgan fingerprint density at radius 3 is 2.55 bits per heavy atom. The van der Waals surface area contributed by atoms with Gasteiger partial charge in [-0.2, -0.15) is 21.1 Å². The lowest BCUT2D eigenvalue weighted by molar-refractivity contribution is 0.0389.